The van der Waals surface area contributed by atoms with Crippen molar-refractivity contribution in [1.82, 2.24) is 19.0 Å². The van der Waals surface area contributed by atoms with Crippen molar-refractivity contribution in [2.45, 2.75) is 24.8 Å². The molecule has 0 spiro atoms. The number of hydrogen-bond acceptors (Lipinski definition) is 5. The van der Waals surface area contributed by atoms with E-state index in [2.05, 4.69) is 5.10 Å². The molecule has 32 heavy (non-hydrogen) atoms. The molecule has 0 N–H and O–H groups in total. The minimum absolute atomic E-state index is 0.0120. The number of benzene rings is 2. The first-order chi connectivity index (χ1) is 15.3. The summed E-state index contributed by atoms with van der Waals surface area (Å²) >= 11 is 0. The summed E-state index contributed by atoms with van der Waals surface area (Å²) in [5, 5.41) is 5.24. The SMILES string of the molecule is CCCn1nc(C(=O)N2CCN(S(=O)(=O)c3ccc(F)cc3)CC2)c2ccccc2c1=O. The normalized spacial score (nSPS) is 15.2. The van der Waals surface area contributed by atoms with E-state index < -0.39 is 15.8 Å². The summed E-state index contributed by atoms with van der Waals surface area (Å²) in [5.74, 6) is -0.853. The van der Waals surface area contributed by atoms with Crippen molar-refractivity contribution in [3.63, 3.8) is 0 Å². The number of piperazine rings is 1. The lowest BCUT2D eigenvalue weighted by molar-refractivity contribution is 0.0691. The highest BCUT2D eigenvalue weighted by atomic mass is 32.2. The van der Waals surface area contributed by atoms with Crippen LogP contribution in [0.1, 0.15) is 23.8 Å². The lowest BCUT2D eigenvalue weighted by atomic mass is 10.1. The third kappa shape index (κ3) is 4.03. The maximum absolute atomic E-state index is 13.3. The topological polar surface area (TPSA) is 92.6 Å². The van der Waals surface area contributed by atoms with Crippen LogP contribution in [0.2, 0.25) is 0 Å². The van der Waals surface area contributed by atoms with Crippen LogP contribution in [0.25, 0.3) is 10.8 Å². The standard InChI is InChI=1S/C22H23FN4O4S/c1-2-11-27-21(28)19-6-4-3-5-18(19)20(24-27)22(29)25-12-14-26(15-13-25)32(30,31)17-9-7-16(23)8-10-17/h3-10H,2,11-15H2,1H3. The van der Waals surface area contributed by atoms with Gasteiger partial charge in [0.15, 0.2) is 5.69 Å². The average molecular weight is 459 g/mol. The third-order valence-electron chi connectivity index (χ3n) is 5.48. The van der Waals surface area contributed by atoms with Crippen LogP contribution in [-0.2, 0) is 16.6 Å². The molecular weight excluding hydrogens is 435 g/mol. The number of rotatable bonds is 5. The van der Waals surface area contributed by atoms with Crippen molar-refractivity contribution < 1.29 is 17.6 Å². The number of aryl methyl sites for hydroxylation is 1. The minimum Gasteiger partial charge on any atom is -0.335 e. The Morgan fingerprint density at radius 2 is 1.62 bits per heavy atom. The van der Waals surface area contributed by atoms with Gasteiger partial charge in [-0.2, -0.15) is 9.40 Å². The number of hydrogen-bond donors (Lipinski definition) is 0. The molecule has 2 aromatic carbocycles. The van der Waals surface area contributed by atoms with Crippen molar-refractivity contribution in [3.8, 4) is 0 Å². The predicted octanol–water partition coefficient (Wildman–Crippen LogP) is 2.09. The molecular formula is C22H23FN4O4S. The Balaban J connectivity index is 1.58. The van der Waals surface area contributed by atoms with Gasteiger partial charge in [-0.25, -0.2) is 17.5 Å². The molecule has 1 amide bonds. The molecule has 4 rings (SSSR count). The van der Waals surface area contributed by atoms with E-state index in [1.54, 1.807) is 29.2 Å². The van der Waals surface area contributed by atoms with Crippen molar-refractivity contribution >= 4 is 26.7 Å². The molecule has 1 aromatic heterocycles. The fourth-order valence-corrected chi connectivity index (χ4v) is 5.22. The van der Waals surface area contributed by atoms with Gasteiger partial charge in [-0.3, -0.25) is 9.59 Å². The summed E-state index contributed by atoms with van der Waals surface area (Å²) in [4.78, 5) is 27.5. The molecule has 1 fully saturated rings. The quantitative estimate of drug-likeness (QED) is 0.584. The fraction of sp³-hybridized carbons (Fsp3) is 0.318. The van der Waals surface area contributed by atoms with Crippen LogP contribution in [0.15, 0.2) is 58.2 Å². The van der Waals surface area contributed by atoms with Gasteiger partial charge in [0.1, 0.15) is 5.82 Å². The number of aromatic nitrogens is 2. The highest BCUT2D eigenvalue weighted by Gasteiger charge is 2.31. The van der Waals surface area contributed by atoms with E-state index in [4.69, 9.17) is 0 Å². The first kappa shape index (κ1) is 22.1. The number of amides is 1. The molecule has 0 radical (unpaired) electrons. The first-order valence-electron chi connectivity index (χ1n) is 10.4. The van der Waals surface area contributed by atoms with Crippen molar-refractivity contribution in [2.75, 3.05) is 26.2 Å². The summed E-state index contributed by atoms with van der Waals surface area (Å²) in [6.45, 7) is 2.90. The zero-order chi connectivity index (χ0) is 22.9. The van der Waals surface area contributed by atoms with E-state index in [9.17, 15) is 22.4 Å². The molecule has 1 saturated heterocycles. The molecule has 1 aliphatic rings. The van der Waals surface area contributed by atoms with Gasteiger partial charge < -0.3 is 4.90 Å². The van der Waals surface area contributed by atoms with Gasteiger partial charge >= 0.3 is 0 Å². The number of carbonyl (C=O) groups is 1. The fourth-order valence-electron chi connectivity index (χ4n) is 3.79. The number of halogens is 1. The molecule has 168 valence electrons. The van der Waals surface area contributed by atoms with E-state index in [1.807, 2.05) is 6.92 Å². The van der Waals surface area contributed by atoms with Crippen molar-refractivity contribution in [1.29, 1.82) is 0 Å². The number of sulfonamides is 1. The summed E-state index contributed by atoms with van der Waals surface area (Å²) in [6.07, 6.45) is 0.693. The highest BCUT2D eigenvalue weighted by Crippen LogP contribution is 2.20. The Labute approximate surface area is 184 Å². The molecule has 0 saturated carbocycles. The van der Waals surface area contributed by atoms with Gasteiger partial charge in [0, 0.05) is 38.1 Å². The Hall–Kier alpha value is -3.11. The number of carbonyl (C=O) groups excluding carboxylic acids is 1. The summed E-state index contributed by atoms with van der Waals surface area (Å²) < 4.78 is 41.4. The molecule has 3 aromatic rings. The van der Waals surface area contributed by atoms with Gasteiger partial charge in [-0.05, 0) is 36.8 Å². The second-order valence-corrected chi connectivity index (χ2v) is 9.51. The number of fused-ring (bicyclic) bond motifs is 1. The average Bonchev–Trinajstić information content (AvgIpc) is 2.81. The summed E-state index contributed by atoms with van der Waals surface area (Å²) in [5.41, 5.74) is -0.0577. The summed E-state index contributed by atoms with van der Waals surface area (Å²) in [6, 6.07) is 11.5. The molecule has 0 bridgehead atoms. The Bertz CT molecular complexity index is 1310. The van der Waals surface area contributed by atoms with E-state index in [0.717, 1.165) is 12.1 Å². The van der Waals surface area contributed by atoms with E-state index in [0.29, 0.717) is 23.7 Å². The van der Waals surface area contributed by atoms with Crippen LogP contribution in [0, 0.1) is 5.82 Å². The molecule has 1 aliphatic heterocycles. The predicted molar refractivity (Wildman–Crippen MR) is 117 cm³/mol. The molecule has 0 atom stereocenters. The lowest BCUT2D eigenvalue weighted by Gasteiger charge is -2.34. The Morgan fingerprint density at radius 3 is 2.25 bits per heavy atom. The van der Waals surface area contributed by atoms with Crippen LogP contribution in [0.4, 0.5) is 4.39 Å². The maximum atomic E-state index is 13.3. The number of nitrogens with zero attached hydrogens (tertiary/aromatic N) is 4. The van der Waals surface area contributed by atoms with Crippen molar-refractivity contribution in [2.24, 2.45) is 0 Å². The smallest absolute Gasteiger partial charge is 0.275 e. The van der Waals surface area contributed by atoms with Gasteiger partial charge in [0.2, 0.25) is 10.0 Å². The van der Waals surface area contributed by atoms with Crippen LogP contribution in [-0.4, -0.2) is 59.5 Å². The largest absolute Gasteiger partial charge is 0.335 e. The zero-order valence-corrected chi connectivity index (χ0v) is 18.4. The second kappa shape index (κ2) is 8.79. The molecule has 0 unspecified atom stereocenters. The van der Waals surface area contributed by atoms with Crippen LogP contribution in [0.5, 0.6) is 0 Å². The third-order valence-corrected chi connectivity index (χ3v) is 7.40. The van der Waals surface area contributed by atoms with Crippen LogP contribution < -0.4 is 5.56 Å². The Kier molecular flexibility index (Phi) is 6.07. The van der Waals surface area contributed by atoms with Crippen LogP contribution in [0.3, 0.4) is 0 Å². The minimum atomic E-state index is -3.78. The first-order valence-corrected chi connectivity index (χ1v) is 11.8. The lowest BCUT2D eigenvalue weighted by Crippen LogP contribution is -2.50. The monoisotopic (exact) mass is 458 g/mol. The van der Waals surface area contributed by atoms with E-state index >= 15 is 0 Å². The van der Waals surface area contributed by atoms with Crippen molar-refractivity contribution in [3.05, 3.63) is 70.4 Å². The van der Waals surface area contributed by atoms with Gasteiger partial charge in [0.05, 0.1) is 10.3 Å². The highest BCUT2D eigenvalue weighted by molar-refractivity contribution is 7.89. The van der Waals surface area contributed by atoms with E-state index in [1.165, 1.54) is 21.1 Å². The van der Waals surface area contributed by atoms with Gasteiger partial charge in [0.25, 0.3) is 11.5 Å². The summed E-state index contributed by atoms with van der Waals surface area (Å²) in [7, 11) is -3.78. The van der Waals surface area contributed by atoms with E-state index in [-0.39, 0.29) is 48.2 Å². The molecule has 2 heterocycles. The molecule has 10 heteroatoms. The second-order valence-electron chi connectivity index (χ2n) is 7.57. The maximum Gasteiger partial charge on any atom is 0.275 e. The van der Waals surface area contributed by atoms with Crippen LogP contribution >= 0.6 is 0 Å². The van der Waals surface area contributed by atoms with Gasteiger partial charge in [-0.1, -0.05) is 25.1 Å². The van der Waals surface area contributed by atoms with Gasteiger partial charge in [-0.15, -0.1) is 0 Å². The zero-order valence-electron chi connectivity index (χ0n) is 17.6. The molecule has 8 nitrogen and oxygen atoms in total. The molecule has 0 aliphatic carbocycles. The Morgan fingerprint density at radius 1 is 1.00 bits per heavy atom.